The zero-order chi connectivity index (χ0) is 19.9. The van der Waals surface area contributed by atoms with E-state index >= 15 is 0 Å². The molecular formula is C19H10ClF3N2O2S. The lowest BCUT2D eigenvalue weighted by Crippen LogP contribution is -2.10. The second kappa shape index (κ2) is 6.96. The topological polar surface area (TPSA) is 55.1 Å². The highest BCUT2D eigenvalue weighted by Gasteiger charge is 2.33. The number of nitrogens with zero attached hydrogens (tertiary/aromatic N) is 1. The van der Waals surface area contributed by atoms with Crippen molar-refractivity contribution in [3.63, 3.8) is 0 Å². The summed E-state index contributed by atoms with van der Waals surface area (Å²) in [6.45, 7) is 0. The highest BCUT2D eigenvalue weighted by atomic mass is 35.5. The quantitative estimate of drug-likeness (QED) is 0.411. The maximum atomic E-state index is 13.0. The summed E-state index contributed by atoms with van der Waals surface area (Å²) in [5.74, 6) is -0.468. The van der Waals surface area contributed by atoms with E-state index in [9.17, 15) is 18.0 Å². The summed E-state index contributed by atoms with van der Waals surface area (Å²) in [6.07, 6.45) is -4.59. The van der Waals surface area contributed by atoms with E-state index in [2.05, 4.69) is 10.3 Å². The minimum atomic E-state index is -4.59. The van der Waals surface area contributed by atoms with Crippen LogP contribution in [0.3, 0.4) is 0 Å². The van der Waals surface area contributed by atoms with Crippen LogP contribution in [0.2, 0.25) is 5.02 Å². The highest BCUT2D eigenvalue weighted by Crippen LogP contribution is 2.37. The number of carbonyl (C=O) groups excluding carboxylic acids is 1. The Labute approximate surface area is 165 Å². The average molecular weight is 423 g/mol. The first-order valence-electron chi connectivity index (χ1n) is 7.95. The van der Waals surface area contributed by atoms with Gasteiger partial charge in [-0.3, -0.25) is 10.1 Å². The summed E-state index contributed by atoms with van der Waals surface area (Å²) in [7, 11) is 0. The molecule has 142 valence electrons. The number of amides is 1. The van der Waals surface area contributed by atoms with Gasteiger partial charge in [-0.1, -0.05) is 35.1 Å². The molecule has 2 heterocycles. The first-order valence-corrected chi connectivity index (χ1v) is 9.14. The normalized spacial score (nSPS) is 11.7. The molecule has 1 N–H and O–H groups in total. The Morgan fingerprint density at radius 3 is 2.64 bits per heavy atom. The first kappa shape index (κ1) is 18.5. The monoisotopic (exact) mass is 422 g/mol. The van der Waals surface area contributed by atoms with Gasteiger partial charge in [0.2, 0.25) is 0 Å². The predicted molar refractivity (Wildman–Crippen MR) is 102 cm³/mol. The van der Waals surface area contributed by atoms with Crippen LogP contribution in [0.15, 0.2) is 59.0 Å². The van der Waals surface area contributed by atoms with Gasteiger partial charge >= 0.3 is 6.18 Å². The second-order valence-corrected chi connectivity index (χ2v) is 7.23. The number of thiazole rings is 1. The number of hydrogen-bond donors (Lipinski definition) is 1. The van der Waals surface area contributed by atoms with Crippen molar-refractivity contribution in [1.82, 2.24) is 4.98 Å². The van der Waals surface area contributed by atoms with Crippen molar-refractivity contribution in [2.45, 2.75) is 6.18 Å². The lowest BCUT2D eigenvalue weighted by atomic mass is 10.1. The lowest BCUT2D eigenvalue weighted by Gasteiger charge is -2.09. The van der Waals surface area contributed by atoms with E-state index in [0.29, 0.717) is 5.13 Å². The molecule has 28 heavy (non-hydrogen) atoms. The van der Waals surface area contributed by atoms with E-state index in [1.807, 2.05) is 24.3 Å². The number of aromatic nitrogens is 1. The number of hydrogen-bond acceptors (Lipinski definition) is 4. The van der Waals surface area contributed by atoms with Crippen LogP contribution >= 0.6 is 22.9 Å². The van der Waals surface area contributed by atoms with Crippen LogP contribution in [0.5, 0.6) is 0 Å². The third-order valence-corrected chi connectivity index (χ3v) is 5.18. The van der Waals surface area contributed by atoms with Crippen molar-refractivity contribution in [1.29, 1.82) is 0 Å². The summed E-state index contributed by atoms with van der Waals surface area (Å²) >= 11 is 6.93. The molecule has 2 aromatic heterocycles. The molecule has 0 saturated carbocycles. The van der Waals surface area contributed by atoms with Crippen LogP contribution in [-0.2, 0) is 6.18 Å². The van der Waals surface area contributed by atoms with E-state index in [1.54, 1.807) is 0 Å². The fourth-order valence-electron chi connectivity index (χ4n) is 2.60. The summed E-state index contributed by atoms with van der Waals surface area (Å²) < 4.78 is 45.4. The van der Waals surface area contributed by atoms with Crippen LogP contribution in [0.4, 0.5) is 18.3 Å². The van der Waals surface area contributed by atoms with E-state index < -0.39 is 22.7 Å². The molecule has 0 aliphatic rings. The van der Waals surface area contributed by atoms with Crippen LogP contribution in [-0.4, -0.2) is 10.9 Å². The first-order chi connectivity index (χ1) is 13.3. The number of furan rings is 1. The van der Waals surface area contributed by atoms with Gasteiger partial charge in [0.05, 0.1) is 20.8 Å². The van der Waals surface area contributed by atoms with E-state index in [0.717, 1.165) is 22.3 Å². The smallest absolute Gasteiger partial charge is 0.417 e. The Kier molecular flexibility index (Phi) is 4.60. The predicted octanol–water partition coefficient (Wildman–Crippen LogP) is 6.48. The van der Waals surface area contributed by atoms with Crippen molar-refractivity contribution in [3.05, 3.63) is 70.9 Å². The van der Waals surface area contributed by atoms with Crippen LogP contribution in [0.1, 0.15) is 16.1 Å². The zero-order valence-corrected chi connectivity index (χ0v) is 15.5. The average Bonchev–Trinajstić information content (AvgIpc) is 3.27. The molecule has 0 radical (unpaired) electrons. The number of fused-ring (bicyclic) bond motifs is 1. The van der Waals surface area contributed by atoms with Crippen molar-refractivity contribution in [2.24, 2.45) is 0 Å². The molecule has 9 heteroatoms. The molecule has 1 amide bonds. The Morgan fingerprint density at radius 2 is 1.89 bits per heavy atom. The molecule has 4 aromatic rings. The lowest BCUT2D eigenvalue weighted by molar-refractivity contribution is -0.137. The Morgan fingerprint density at radius 1 is 1.11 bits per heavy atom. The van der Waals surface area contributed by atoms with E-state index in [-0.39, 0.29) is 17.1 Å². The van der Waals surface area contributed by atoms with Crippen molar-refractivity contribution < 1.29 is 22.4 Å². The van der Waals surface area contributed by atoms with Gasteiger partial charge < -0.3 is 4.42 Å². The number of benzene rings is 2. The van der Waals surface area contributed by atoms with Gasteiger partial charge in [-0.25, -0.2) is 4.98 Å². The number of para-hydroxylation sites is 1. The zero-order valence-electron chi connectivity index (χ0n) is 13.9. The maximum Gasteiger partial charge on any atom is 0.417 e. The van der Waals surface area contributed by atoms with E-state index in [1.165, 1.54) is 29.5 Å². The number of halogens is 4. The van der Waals surface area contributed by atoms with Gasteiger partial charge in [-0.05, 0) is 42.5 Å². The number of alkyl halides is 3. The summed E-state index contributed by atoms with van der Waals surface area (Å²) in [4.78, 5) is 16.7. The van der Waals surface area contributed by atoms with Crippen molar-refractivity contribution >= 4 is 44.2 Å². The SMILES string of the molecule is O=C(Nc1nc2ccccc2s1)c1ccc(-c2ccc(Cl)c(C(F)(F)F)c2)o1. The van der Waals surface area contributed by atoms with Gasteiger partial charge in [0.25, 0.3) is 5.91 Å². The number of anilines is 1. The fraction of sp³-hybridized carbons (Fsp3) is 0.0526. The number of nitrogens with one attached hydrogen (secondary N) is 1. The molecule has 0 bridgehead atoms. The molecule has 0 spiro atoms. The summed E-state index contributed by atoms with van der Waals surface area (Å²) in [5, 5.41) is 2.62. The second-order valence-electron chi connectivity index (χ2n) is 5.80. The molecule has 0 unspecified atom stereocenters. The van der Waals surface area contributed by atoms with Gasteiger partial charge in [0.15, 0.2) is 10.9 Å². The van der Waals surface area contributed by atoms with Crippen LogP contribution in [0.25, 0.3) is 21.5 Å². The van der Waals surface area contributed by atoms with Gasteiger partial charge in [-0.2, -0.15) is 13.2 Å². The molecule has 4 rings (SSSR count). The van der Waals surface area contributed by atoms with Gasteiger partial charge in [-0.15, -0.1) is 0 Å². The number of rotatable bonds is 3. The fourth-order valence-corrected chi connectivity index (χ4v) is 3.68. The molecule has 0 atom stereocenters. The van der Waals surface area contributed by atoms with E-state index in [4.69, 9.17) is 16.0 Å². The van der Waals surface area contributed by atoms with Crippen molar-refractivity contribution in [2.75, 3.05) is 5.32 Å². The summed E-state index contributed by atoms with van der Waals surface area (Å²) in [6, 6.07) is 13.7. The minimum Gasteiger partial charge on any atom is -0.451 e. The molecule has 0 fully saturated rings. The van der Waals surface area contributed by atoms with Gasteiger partial charge in [0, 0.05) is 5.56 Å². The Balaban J connectivity index is 1.58. The third kappa shape index (κ3) is 3.61. The maximum absolute atomic E-state index is 13.0. The minimum absolute atomic E-state index is 0.0437. The third-order valence-electron chi connectivity index (χ3n) is 3.90. The molecule has 0 aliphatic heterocycles. The van der Waals surface area contributed by atoms with Crippen LogP contribution in [0, 0.1) is 0 Å². The summed E-state index contributed by atoms with van der Waals surface area (Å²) in [5.41, 5.74) is -0.0527. The largest absolute Gasteiger partial charge is 0.451 e. The number of carbonyl (C=O) groups is 1. The standard InChI is InChI=1S/C19H10ClF3N2O2S/c20-12-6-5-10(9-11(12)19(21,22)23)14-7-8-15(27-14)17(26)25-18-24-13-3-1-2-4-16(13)28-18/h1-9H,(H,24,25,26). The molecular weight excluding hydrogens is 413 g/mol. The molecule has 0 saturated heterocycles. The molecule has 4 nitrogen and oxygen atoms in total. The Bertz CT molecular complexity index is 1150. The highest BCUT2D eigenvalue weighted by molar-refractivity contribution is 7.22. The van der Waals surface area contributed by atoms with Gasteiger partial charge in [0.1, 0.15) is 5.76 Å². The Hall–Kier alpha value is -2.84. The molecule has 2 aromatic carbocycles. The van der Waals surface area contributed by atoms with Crippen molar-refractivity contribution in [3.8, 4) is 11.3 Å². The van der Waals surface area contributed by atoms with Crippen LogP contribution < -0.4 is 5.32 Å². The molecule has 0 aliphatic carbocycles.